The maximum Gasteiger partial charge on any atom is 1.00 e. The van der Waals surface area contributed by atoms with Crippen LogP contribution in [0.2, 0.25) is 0 Å². The van der Waals surface area contributed by atoms with Crippen molar-refractivity contribution in [1.82, 2.24) is 9.78 Å². The van der Waals surface area contributed by atoms with Crippen LogP contribution in [0.25, 0.3) is 4.72 Å². The number of aromatic nitrogens is 2. The van der Waals surface area contributed by atoms with Gasteiger partial charge in [-0.15, -0.1) is 0 Å². The Kier molecular flexibility index (Phi) is 7.93. The second kappa shape index (κ2) is 10.6. The van der Waals surface area contributed by atoms with Gasteiger partial charge in [0, 0.05) is 32.0 Å². The molecule has 2 aromatic rings. The summed E-state index contributed by atoms with van der Waals surface area (Å²) in [6, 6.07) is 1.09. The topological polar surface area (TPSA) is 108 Å². The van der Waals surface area contributed by atoms with Crippen molar-refractivity contribution in [1.29, 1.82) is 0 Å². The smallest absolute Gasteiger partial charge is 0.423 e. The number of nitrogens with zero attached hydrogens (tertiary/aromatic N) is 4. The number of carbonyl (C=O) groups excluding carboxylic acids is 1. The van der Waals surface area contributed by atoms with E-state index in [9.17, 15) is 13.2 Å². The predicted octanol–water partition coefficient (Wildman–Crippen LogP) is 0.720. The predicted molar refractivity (Wildman–Crippen MR) is 126 cm³/mol. The van der Waals surface area contributed by atoms with E-state index < -0.39 is 16.2 Å². The molecule has 1 fully saturated rings. The molecule has 0 spiro atoms. The molecule has 0 radical (unpaired) electrons. The summed E-state index contributed by atoms with van der Waals surface area (Å²) in [6.45, 7) is 3.47. The number of rotatable bonds is 6. The molecule has 0 bridgehead atoms. The number of amides is 2. The third kappa shape index (κ3) is 5.02. The van der Waals surface area contributed by atoms with Gasteiger partial charge in [-0.25, -0.2) is 8.42 Å². The third-order valence-electron chi connectivity index (χ3n) is 6.87. The Morgan fingerprint density at radius 1 is 1.18 bits per heavy atom. The summed E-state index contributed by atoms with van der Waals surface area (Å²) >= 11 is 0. The van der Waals surface area contributed by atoms with Crippen molar-refractivity contribution in [3.8, 4) is 0 Å². The zero-order valence-electron chi connectivity index (χ0n) is 19.9. The minimum atomic E-state index is -4.28. The van der Waals surface area contributed by atoms with Crippen LogP contribution in [-0.2, 0) is 47.2 Å². The van der Waals surface area contributed by atoms with Crippen LogP contribution in [0.5, 0.6) is 0 Å². The second-order valence-corrected chi connectivity index (χ2v) is 10.4. The molecule has 1 aromatic heterocycles. The van der Waals surface area contributed by atoms with Gasteiger partial charge in [-0.1, -0.05) is 6.07 Å². The first-order chi connectivity index (χ1) is 16.0. The largest absolute Gasteiger partial charge is 1.00 e. The molecule has 0 saturated carbocycles. The Labute approximate surface area is 223 Å². The van der Waals surface area contributed by atoms with E-state index in [0.717, 1.165) is 55.3 Å². The Balaban J connectivity index is 0.00000274. The van der Waals surface area contributed by atoms with Crippen LogP contribution in [-0.4, -0.2) is 43.5 Å². The number of benzene rings is 1. The first-order valence-corrected chi connectivity index (χ1v) is 13.2. The molecule has 34 heavy (non-hydrogen) atoms. The molecule has 1 N–H and O–H groups in total. The van der Waals surface area contributed by atoms with Gasteiger partial charge in [0.1, 0.15) is 0 Å². The van der Waals surface area contributed by atoms with Crippen molar-refractivity contribution in [3.05, 3.63) is 45.4 Å². The van der Waals surface area contributed by atoms with Gasteiger partial charge in [-0.3, -0.25) is 13.8 Å². The first-order valence-electron chi connectivity index (χ1n) is 11.8. The van der Waals surface area contributed by atoms with E-state index in [-0.39, 0.29) is 35.6 Å². The molecule has 2 amide bonds. The number of ether oxygens (including phenoxy) is 1. The number of aryl methyl sites for hydroxylation is 3. The molecule has 11 heteroatoms. The number of fused-ring (bicyclic) bond motifs is 2. The Morgan fingerprint density at radius 3 is 2.41 bits per heavy atom. The molecule has 5 rings (SSSR count). The van der Waals surface area contributed by atoms with Gasteiger partial charge in [0.2, 0.25) is 0 Å². The van der Waals surface area contributed by atoms with E-state index >= 15 is 0 Å². The molecule has 1 saturated heterocycles. The molecule has 9 nitrogen and oxygen atoms in total. The summed E-state index contributed by atoms with van der Waals surface area (Å²) in [5, 5.41) is 7.09. The van der Waals surface area contributed by atoms with Crippen molar-refractivity contribution in [3.63, 3.8) is 0 Å². The van der Waals surface area contributed by atoms with Crippen LogP contribution in [0.3, 0.4) is 0 Å². The molecule has 178 valence electrons. The normalized spacial score (nSPS) is 17.6. The van der Waals surface area contributed by atoms with Crippen molar-refractivity contribution in [2.75, 3.05) is 22.8 Å². The van der Waals surface area contributed by atoms with Gasteiger partial charge in [-0.2, -0.15) is 5.10 Å². The maximum absolute atomic E-state index is 13.4. The number of anilines is 2. The number of hydrogen-bond donors (Lipinski definition) is 1. The molecule has 2 heterocycles. The molecule has 3 aliphatic rings. The van der Waals surface area contributed by atoms with Crippen molar-refractivity contribution >= 4 is 27.6 Å². The quantitative estimate of drug-likeness (QED) is 0.595. The van der Waals surface area contributed by atoms with E-state index in [1.165, 1.54) is 21.6 Å². The molecular weight excluding hydrogens is 465 g/mol. The summed E-state index contributed by atoms with van der Waals surface area (Å²) in [5.74, 6) is 0. The average molecular weight is 496 g/mol. The van der Waals surface area contributed by atoms with Crippen molar-refractivity contribution < 1.29 is 47.5 Å². The fourth-order valence-electron chi connectivity index (χ4n) is 5.34. The molecule has 0 unspecified atom stereocenters. The summed E-state index contributed by atoms with van der Waals surface area (Å²) < 4.78 is 38.9. The monoisotopic (exact) mass is 495 g/mol. The van der Waals surface area contributed by atoms with Crippen LogP contribution in [0.4, 0.5) is 16.2 Å². The second-order valence-electron chi connectivity index (χ2n) is 8.93. The number of urea groups is 1. The molecule has 0 atom stereocenters. The van der Waals surface area contributed by atoms with Crippen LogP contribution in [0, 0.1) is 0 Å². The Morgan fingerprint density at radius 2 is 1.82 bits per heavy atom. The van der Waals surface area contributed by atoms with E-state index in [1.54, 1.807) is 10.9 Å². The van der Waals surface area contributed by atoms with Gasteiger partial charge < -0.3 is 14.8 Å². The number of hydrogen-bond acceptors (Lipinski definition) is 5. The number of nitrogens with one attached hydrogen (secondary N) is 1. The van der Waals surface area contributed by atoms with Gasteiger partial charge in [-0.05, 0) is 86.2 Å². The van der Waals surface area contributed by atoms with E-state index in [0.29, 0.717) is 38.3 Å². The number of carbonyl (C=O) groups is 1. The van der Waals surface area contributed by atoms with E-state index in [4.69, 9.17) is 4.74 Å². The Bertz CT molecular complexity index is 1130. The summed E-state index contributed by atoms with van der Waals surface area (Å²) in [7, 11) is -4.28. The van der Waals surface area contributed by atoms with Crippen LogP contribution in [0.1, 0.15) is 54.9 Å². The Hall–Kier alpha value is -1.59. The fraction of sp³-hybridized carbons (Fsp3) is 0.565. The maximum atomic E-state index is 13.4. The minimum Gasteiger partial charge on any atom is -0.423 e. The van der Waals surface area contributed by atoms with Crippen LogP contribution >= 0.6 is 0 Å². The third-order valence-corrected chi connectivity index (χ3v) is 8.28. The molecule has 1 aromatic carbocycles. The summed E-state index contributed by atoms with van der Waals surface area (Å²) in [6.07, 6.45) is 10.2. The molecule has 1 aliphatic heterocycles. The molecule has 2 aliphatic carbocycles. The summed E-state index contributed by atoms with van der Waals surface area (Å²) in [4.78, 5) is 13.0. The van der Waals surface area contributed by atoms with Crippen molar-refractivity contribution in [2.24, 2.45) is 0 Å². The van der Waals surface area contributed by atoms with Gasteiger partial charge in [0.15, 0.2) is 6.03 Å². The fourth-order valence-corrected chi connectivity index (χ4v) is 6.63. The first kappa shape index (κ1) is 25.5. The zero-order chi connectivity index (χ0) is 23.0. The van der Waals surface area contributed by atoms with E-state index in [2.05, 4.69) is 21.2 Å². The summed E-state index contributed by atoms with van der Waals surface area (Å²) in [5.41, 5.74) is 6.03. The SMILES string of the molecule is CCn1cc(N(C2CCOCC2)S(=O)(=O)[N-]C(=O)Nc2c3c(cc4c2CCC4)CCC3)cn1.[Na+]. The average Bonchev–Trinajstić information content (AvgIpc) is 3.54. The minimum absolute atomic E-state index is 0. The van der Waals surface area contributed by atoms with Gasteiger partial charge >= 0.3 is 29.6 Å². The molecular formula is C23H30N5NaO4S. The standard InChI is InChI=1S/C23H31N5O4S.Na/c1-2-27-15-19(14-24-27)28(18-9-11-32-12-10-18)33(30,31)26-23(29)25-22-20-7-3-5-16(20)13-17-6-4-8-21(17)22;/h13-15,18H,2-12H2,1H3,(H2,25,26,29);/q;+1/p-1. The zero-order valence-corrected chi connectivity index (χ0v) is 22.7. The van der Waals surface area contributed by atoms with Gasteiger partial charge in [0.25, 0.3) is 10.2 Å². The van der Waals surface area contributed by atoms with Crippen LogP contribution < -0.4 is 39.2 Å². The van der Waals surface area contributed by atoms with Gasteiger partial charge in [0.05, 0.1) is 11.9 Å². The van der Waals surface area contributed by atoms with Crippen molar-refractivity contribution in [2.45, 2.75) is 70.9 Å². The van der Waals surface area contributed by atoms with E-state index in [1.807, 2.05) is 6.92 Å². The van der Waals surface area contributed by atoms with Crippen LogP contribution in [0.15, 0.2) is 18.5 Å².